The predicted octanol–water partition coefficient (Wildman–Crippen LogP) is 3.00. The summed E-state index contributed by atoms with van der Waals surface area (Å²) in [6, 6.07) is 4.23. The Morgan fingerprint density at radius 3 is 2.69 bits per heavy atom. The molecule has 166 valence electrons. The van der Waals surface area contributed by atoms with Crippen molar-refractivity contribution in [2.24, 2.45) is 5.92 Å². The van der Waals surface area contributed by atoms with Gasteiger partial charge >= 0.3 is 5.97 Å². The Balaban J connectivity index is 1.56. The molecule has 0 saturated heterocycles. The number of nitrogens with one attached hydrogen (secondary N) is 1. The van der Waals surface area contributed by atoms with Gasteiger partial charge in [-0.25, -0.2) is 9.78 Å². The van der Waals surface area contributed by atoms with Crippen LogP contribution in [0.15, 0.2) is 47.7 Å². The number of aliphatic hydroxyl groups excluding tert-OH is 1. The number of carboxylic acids is 1. The van der Waals surface area contributed by atoms with E-state index in [9.17, 15) is 24.6 Å². The number of amides is 1. The van der Waals surface area contributed by atoms with Crippen molar-refractivity contribution < 1.29 is 29.3 Å². The molecule has 3 aliphatic rings. The number of aromatic amines is 1. The third-order valence-corrected chi connectivity index (χ3v) is 6.55. The number of carbonyl (C=O) groups excluding carboxylic acids is 2. The Labute approximate surface area is 183 Å². The van der Waals surface area contributed by atoms with Gasteiger partial charge in [0.15, 0.2) is 11.5 Å². The van der Waals surface area contributed by atoms with E-state index in [2.05, 4.69) is 9.97 Å². The number of hydrogen-bond donors (Lipinski definition) is 3. The predicted molar refractivity (Wildman–Crippen MR) is 114 cm³/mol. The minimum atomic E-state index is -1.21. The first kappa shape index (κ1) is 20.3. The van der Waals surface area contributed by atoms with Gasteiger partial charge in [-0.15, -0.1) is 0 Å². The molecule has 0 radical (unpaired) electrons. The summed E-state index contributed by atoms with van der Waals surface area (Å²) < 4.78 is 5.64. The van der Waals surface area contributed by atoms with Crippen LogP contribution >= 0.6 is 0 Å². The quantitative estimate of drug-likeness (QED) is 0.655. The molecule has 2 atom stereocenters. The fourth-order valence-electron chi connectivity index (χ4n) is 4.99. The molecule has 1 saturated carbocycles. The molecule has 9 nitrogen and oxygen atoms in total. The fourth-order valence-corrected chi connectivity index (χ4v) is 4.99. The van der Waals surface area contributed by atoms with E-state index >= 15 is 0 Å². The van der Waals surface area contributed by atoms with Crippen molar-refractivity contribution in [2.75, 3.05) is 4.90 Å². The largest absolute Gasteiger partial charge is 0.503 e. The minimum absolute atomic E-state index is 0.0223. The third kappa shape index (κ3) is 3.24. The van der Waals surface area contributed by atoms with Crippen LogP contribution in [0.1, 0.15) is 38.5 Å². The van der Waals surface area contributed by atoms with Gasteiger partial charge in [0.05, 0.1) is 22.9 Å². The van der Waals surface area contributed by atoms with Gasteiger partial charge in [-0.1, -0.05) is 19.3 Å². The molecule has 1 amide bonds. The molecule has 3 heterocycles. The molecule has 2 aromatic rings. The maximum Gasteiger partial charge on any atom is 0.370 e. The number of ether oxygens (including phenoxy) is 1. The van der Waals surface area contributed by atoms with Crippen LogP contribution < -0.4 is 4.90 Å². The van der Waals surface area contributed by atoms with E-state index in [4.69, 9.17) is 4.74 Å². The number of aliphatic hydroxyl groups is 1. The first-order valence-electron chi connectivity index (χ1n) is 10.8. The monoisotopic (exact) mass is 437 g/mol. The molecule has 5 rings (SSSR count). The van der Waals surface area contributed by atoms with Crippen molar-refractivity contribution in [3.8, 4) is 0 Å². The lowest BCUT2D eigenvalue weighted by Gasteiger charge is -2.32. The zero-order valence-corrected chi connectivity index (χ0v) is 17.3. The highest BCUT2D eigenvalue weighted by molar-refractivity contribution is 6.17. The van der Waals surface area contributed by atoms with Crippen molar-refractivity contribution in [3.05, 3.63) is 47.7 Å². The number of imidazole rings is 1. The smallest absolute Gasteiger partial charge is 0.370 e. The molecule has 2 unspecified atom stereocenters. The molecule has 0 spiro atoms. The number of anilines is 1. The second-order valence-corrected chi connectivity index (χ2v) is 8.45. The highest BCUT2D eigenvalue weighted by Gasteiger charge is 2.50. The van der Waals surface area contributed by atoms with Crippen LogP contribution in [0.2, 0.25) is 0 Å². The number of nitrogens with zero attached hydrogens (tertiary/aromatic N) is 2. The number of fused-ring (bicyclic) bond motifs is 1. The van der Waals surface area contributed by atoms with Crippen LogP contribution in [0.25, 0.3) is 11.0 Å². The molecular weight excluding hydrogens is 414 g/mol. The van der Waals surface area contributed by atoms with Crippen molar-refractivity contribution in [1.82, 2.24) is 9.97 Å². The van der Waals surface area contributed by atoms with Gasteiger partial charge in [0.1, 0.15) is 12.1 Å². The van der Waals surface area contributed by atoms with Gasteiger partial charge in [-0.2, -0.15) is 0 Å². The van der Waals surface area contributed by atoms with E-state index in [-0.39, 0.29) is 29.5 Å². The van der Waals surface area contributed by atoms with Crippen molar-refractivity contribution in [2.45, 2.75) is 50.7 Å². The van der Waals surface area contributed by atoms with Crippen LogP contribution in [0.3, 0.4) is 0 Å². The van der Waals surface area contributed by atoms with Gasteiger partial charge in [-0.05, 0) is 37.1 Å². The average molecular weight is 437 g/mol. The summed E-state index contributed by atoms with van der Waals surface area (Å²) in [5.41, 5.74) is 1.87. The lowest BCUT2D eigenvalue weighted by atomic mass is 9.81. The number of rotatable bonds is 5. The van der Waals surface area contributed by atoms with Crippen LogP contribution in [0, 0.1) is 5.92 Å². The number of hydrogen-bond acceptors (Lipinski definition) is 6. The second kappa shape index (κ2) is 7.81. The third-order valence-electron chi connectivity index (χ3n) is 6.55. The Morgan fingerprint density at radius 1 is 1.19 bits per heavy atom. The summed E-state index contributed by atoms with van der Waals surface area (Å²) in [7, 11) is 0. The summed E-state index contributed by atoms with van der Waals surface area (Å²) in [4.78, 5) is 46.6. The highest BCUT2D eigenvalue weighted by atomic mass is 16.5. The number of benzene rings is 1. The van der Waals surface area contributed by atoms with E-state index in [0.29, 0.717) is 24.0 Å². The molecule has 1 aromatic carbocycles. The van der Waals surface area contributed by atoms with E-state index < -0.39 is 29.8 Å². The van der Waals surface area contributed by atoms with Gasteiger partial charge in [-0.3, -0.25) is 14.5 Å². The summed E-state index contributed by atoms with van der Waals surface area (Å²) >= 11 is 0. The van der Waals surface area contributed by atoms with Crippen LogP contribution in [-0.2, 0) is 19.1 Å². The fraction of sp³-hybridized carbons (Fsp3) is 0.391. The number of Topliss-reactive ketones (excluding diaryl/α,β-unsaturated/α-hetero) is 1. The van der Waals surface area contributed by atoms with Gasteiger partial charge < -0.3 is 19.9 Å². The topological polar surface area (TPSA) is 133 Å². The highest BCUT2D eigenvalue weighted by Crippen LogP contribution is 2.40. The number of ketones is 1. The average Bonchev–Trinajstić information content (AvgIpc) is 3.52. The number of carbonyl (C=O) groups is 3. The summed E-state index contributed by atoms with van der Waals surface area (Å²) in [6.45, 7) is 0. The molecule has 32 heavy (non-hydrogen) atoms. The Morgan fingerprint density at radius 2 is 1.97 bits per heavy atom. The maximum atomic E-state index is 13.5. The van der Waals surface area contributed by atoms with Gasteiger partial charge in [0.25, 0.3) is 5.91 Å². The second-order valence-electron chi connectivity index (χ2n) is 8.45. The minimum Gasteiger partial charge on any atom is -0.503 e. The van der Waals surface area contributed by atoms with E-state index in [1.54, 1.807) is 18.2 Å². The number of aromatic nitrogens is 2. The summed E-state index contributed by atoms with van der Waals surface area (Å²) in [5, 5.41) is 20.1. The molecule has 9 heteroatoms. The van der Waals surface area contributed by atoms with E-state index in [1.807, 2.05) is 0 Å². The molecule has 3 N–H and O–H groups in total. The zero-order chi connectivity index (χ0) is 22.4. The summed E-state index contributed by atoms with van der Waals surface area (Å²) in [5.74, 6) is -3.23. The number of aliphatic carboxylic acids is 1. The number of H-pyrrole nitrogens is 1. The van der Waals surface area contributed by atoms with Crippen molar-refractivity contribution in [1.29, 1.82) is 0 Å². The summed E-state index contributed by atoms with van der Waals surface area (Å²) in [6.07, 6.45) is 6.70. The van der Waals surface area contributed by atoms with Gasteiger partial charge in [0.2, 0.25) is 5.76 Å². The molecule has 1 aliphatic carbocycles. The van der Waals surface area contributed by atoms with Crippen molar-refractivity contribution >= 4 is 34.4 Å². The molecule has 2 aliphatic heterocycles. The molecule has 1 aromatic heterocycles. The lowest BCUT2D eigenvalue weighted by Crippen LogP contribution is -2.45. The lowest BCUT2D eigenvalue weighted by molar-refractivity contribution is -0.137. The van der Waals surface area contributed by atoms with Crippen LogP contribution in [0.5, 0.6) is 0 Å². The molecular formula is C23H23N3O6. The SMILES string of the molecule is O=C(O)C1=CCC(C2C(C(=O)C3CCCCC3)=C(O)C(=O)N2c2ccc3[nH]cnc3c2)O1. The first-order valence-corrected chi connectivity index (χ1v) is 10.8. The first-order chi connectivity index (χ1) is 15.5. The molecule has 0 bridgehead atoms. The Bertz CT molecular complexity index is 1170. The van der Waals surface area contributed by atoms with Crippen molar-refractivity contribution in [3.63, 3.8) is 0 Å². The maximum absolute atomic E-state index is 13.5. The molecule has 1 fully saturated rings. The van der Waals surface area contributed by atoms with Crippen LogP contribution in [-0.4, -0.2) is 50.0 Å². The Kier molecular flexibility index (Phi) is 4.96. The number of carboxylic acid groups (broad SMARTS) is 1. The Hall–Kier alpha value is -3.62. The normalized spacial score (nSPS) is 24.2. The van der Waals surface area contributed by atoms with E-state index in [0.717, 1.165) is 24.8 Å². The van der Waals surface area contributed by atoms with E-state index in [1.165, 1.54) is 17.3 Å². The van der Waals surface area contributed by atoms with Crippen LogP contribution in [0.4, 0.5) is 5.69 Å². The van der Waals surface area contributed by atoms with Gasteiger partial charge in [0, 0.05) is 18.0 Å². The zero-order valence-electron chi connectivity index (χ0n) is 17.3. The standard InChI is InChI=1S/C23H23N3O6/c27-20(12-4-2-1-3-5-12)18-19(16-8-9-17(32-16)23(30)31)26(22(29)21(18)28)13-6-7-14-15(10-13)25-11-24-14/h6-7,9-12,16,19,28H,1-5,8H2,(H,24,25)(H,30,31).